The van der Waals surface area contributed by atoms with Crippen molar-refractivity contribution in [2.45, 2.75) is 32.9 Å². The molecule has 2 aromatic rings. The number of amides is 1. The van der Waals surface area contributed by atoms with Crippen LogP contribution in [0.5, 0.6) is 11.5 Å². The molecule has 0 saturated heterocycles. The zero-order valence-electron chi connectivity index (χ0n) is 14.4. The number of carbonyl (C=O) groups excluding carboxylic acids is 1. The van der Waals surface area contributed by atoms with E-state index in [9.17, 15) is 4.79 Å². The number of benzene rings is 1. The molecule has 0 bridgehead atoms. The number of methoxy groups -OCH3 is 1. The van der Waals surface area contributed by atoms with Gasteiger partial charge >= 0.3 is 0 Å². The quantitative estimate of drug-likeness (QED) is 0.647. The minimum atomic E-state index is -0.215. The van der Waals surface area contributed by atoms with Crippen molar-refractivity contribution in [1.82, 2.24) is 10.3 Å². The van der Waals surface area contributed by atoms with E-state index in [0.717, 1.165) is 23.4 Å². The summed E-state index contributed by atoms with van der Waals surface area (Å²) in [5.41, 5.74) is 6.83. The molecule has 3 N–H and O–H groups in total. The smallest absolute Gasteiger partial charge is 0.271 e. The summed E-state index contributed by atoms with van der Waals surface area (Å²) in [7, 11) is 1.61. The van der Waals surface area contributed by atoms with Crippen LogP contribution in [-0.2, 0) is 13.1 Å². The highest BCUT2D eigenvalue weighted by Gasteiger charge is 2.11. The van der Waals surface area contributed by atoms with E-state index in [0.29, 0.717) is 36.9 Å². The number of halogens is 1. The summed E-state index contributed by atoms with van der Waals surface area (Å²) in [6.07, 6.45) is 2.08. The van der Waals surface area contributed by atoms with Crippen LogP contribution in [0.25, 0.3) is 0 Å². The first kappa shape index (κ1) is 21.2. The first-order chi connectivity index (χ1) is 11.7. The molecule has 2 rings (SSSR count). The lowest BCUT2D eigenvalue weighted by Gasteiger charge is -2.12. The summed E-state index contributed by atoms with van der Waals surface area (Å²) >= 11 is 1.38. The van der Waals surface area contributed by atoms with Gasteiger partial charge in [-0.05, 0) is 24.1 Å². The van der Waals surface area contributed by atoms with Crippen molar-refractivity contribution in [2.75, 3.05) is 13.7 Å². The van der Waals surface area contributed by atoms with Gasteiger partial charge in [-0.15, -0.1) is 23.7 Å². The second kappa shape index (κ2) is 10.9. The minimum Gasteiger partial charge on any atom is -0.493 e. The lowest BCUT2D eigenvalue weighted by atomic mass is 10.2. The van der Waals surface area contributed by atoms with Crippen LogP contribution >= 0.6 is 23.7 Å². The molecule has 0 aliphatic heterocycles. The van der Waals surface area contributed by atoms with Crippen LogP contribution in [-0.4, -0.2) is 24.6 Å². The number of hydrogen-bond donors (Lipinski definition) is 2. The van der Waals surface area contributed by atoms with Crippen LogP contribution in [0.4, 0.5) is 0 Å². The van der Waals surface area contributed by atoms with Gasteiger partial charge in [0.2, 0.25) is 0 Å². The Kier molecular flexibility index (Phi) is 9.26. The third-order valence-electron chi connectivity index (χ3n) is 3.40. The molecule has 0 radical (unpaired) electrons. The van der Waals surface area contributed by atoms with Gasteiger partial charge in [0.15, 0.2) is 11.5 Å². The Hall–Kier alpha value is -1.83. The lowest BCUT2D eigenvalue weighted by Crippen LogP contribution is -2.23. The van der Waals surface area contributed by atoms with Gasteiger partial charge in [-0.2, -0.15) is 0 Å². The Labute approximate surface area is 158 Å². The zero-order valence-corrected chi connectivity index (χ0v) is 16.0. The highest BCUT2D eigenvalue weighted by Crippen LogP contribution is 2.28. The van der Waals surface area contributed by atoms with Crippen LogP contribution < -0.4 is 20.5 Å². The number of carbonyl (C=O) groups is 1. The number of hydrogen-bond acceptors (Lipinski definition) is 6. The molecule has 0 unspecified atom stereocenters. The molecular weight excluding hydrogens is 362 g/mol. The van der Waals surface area contributed by atoms with Crippen molar-refractivity contribution in [2.24, 2.45) is 5.73 Å². The highest BCUT2D eigenvalue weighted by atomic mass is 35.5. The Bertz CT molecular complexity index is 679. The number of rotatable bonds is 9. The molecule has 0 fully saturated rings. The molecule has 1 heterocycles. The van der Waals surface area contributed by atoms with Gasteiger partial charge < -0.3 is 20.5 Å². The number of nitrogens with two attached hydrogens (primary N) is 1. The average Bonchev–Trinajstić information content (AvgIpc) is 3.09. The summed E-state index contributed by atoms with van der Waals surface area (Å²) in [5.74, 6) is 1.17. The van der Waals surface area contributed by atoms with E-state index in [1.54, 1.807) is 12.5 Å². The van der Waals surface area contributed by atoms with Crippen molar-refractivity contribution >= 4 is 29.7 Å². The Morgan fingerprint density at radius 3 is 2.80 bits per heavy atom. The molecule has 6 nitrogen and oxygen atoms in total. The van der Waals surface area contributed by atoms with Gasteiger partial charge in [0.1, 0.15) is 10.7 Å². The molecule has 0 spiro atoms. The maximum Gasteiger partial charge on any atom is 0.271 e. The zero-order chi connectivity index (χ0) is 17.4. The average molecular weight is 386 g/mol. The third-order valence-corrected chi connectivity index (χ3v) is 4.27. The molecule has 138 valence electrons. The first-order valence-electron chi connectivity index (χ1n) is 7.90. The predicted octanol–water partition coefficient (Wildman–Crippen LogP) is 3.14. The number of unbranched alkanes of at least 4 members (excludes halogenated alkanes) is 1. The van der Waals surface area contributed by atoms with Crippen molar-refractivity contribution in [3.05, 3.63) is 39.8 Å². The summed E-state index contributed by atoms with van der Waals surface area (Å²) in [6.45, 7) is 3.51. The van der Waals surface area contributed by atoms with E-state index in [1.165, 1.54) is 11.3 Å². The molecule has 0 atom stereocenters. The normalized spacial score (nSPS) is 10.0. The topological polar surface area (TPSA) is 86.5 Å². The van der Waals surface area contributed by atoms with Gasteiger partial charge in [-0.3, -0.25) is 4.79 Å². The number of ether oxygens (including phenoxy) is 2. The van der Waals surface area contributed by atoms with Crippen molar-refractivity contribution in [1.29, 1.82) is 0 Å². The van der Waals surface area contributed by atoms with E-state index in [2.05, 4.69) is 17.2 Å². The Morgan fingerprint density at radius 2 is 2.16 bits per heavy atom. The van der Waals surface area contributed by atoms with E-state index < -0.39 is 0 Å². The first-order valence-corrected chi connectivity index (χ1v) is 8.78. The SMILES string of the molecule is CCCCOc1ccc(CNC(=O)c2csc(CN)n2)cc1OC.Cl. The Balaban J connectivity index is 0.00000312. The summed E-state index contributed by atoms with van der Waals surface area (Å²) in [5, 5.41) is 5.30. The molecule has 0 saturated carbocycles. The molecular formula is C17H24ClN3O3S. The second-order valence-electron chi connectivity index (χ2n) is 5.20. The van der Waals surface area contributed by atoms with Crippen molar-refractivity contribution in [3.8, 4) is 11.5 Å². The molecule has 1 amide bonds. The van der Waals surface area contributed by atoms with E-state index in [4.69, 9.17) is 15.2 Å². The molecule has 1 aromatic heterocycles. The standard InChI is InChI=1S/C17H23N3O3S.ClH/c1-3-4-7-23-14-6-5-12(8-15(14)22-2)10-19-17(21)13-11-24-16(9-18)20-13;/h5-6,8,11H,3-4,7,9-10,18H2,1-2H3,(H,19,21);1H. The summed E-state index contributed by atoms with van der Waals surface area (Å²) in [4.78, 5) is 16.2. The van der Waals surface area contributed by atoms with Crippen molar-refractivity contribution in [3.63, 3.8) is 0 Å². The predicted molar refractivity (Wildman–Crippen MR) is 102 cm³/mol. The van der Waals surface area contributed by atoms with Gasteiger partial charge in [0.05, 0.1) is 13.7 Å². The number of aromatic nitrogens is 1. The van der Waals surface area contributed by atoms with Crippen LogP contribution in [0.2, 0.25) is 0 Å². The van der Waals surface area contributed by atoms with Crippen LogP contribution in [0.1, 0.15) is 40.8 Å². The van der Waals surface area contributed by atoms with Gasteiger partial charge in [-0.1, -0.05) is 19.4 Å². The fourth-order valence-electron chi connectivity index (χ4n) is 2.05. The lowest BCUT2D eigenvalue weighted by molar-refractivity contribution is 0.0946. The van der Waals surface area contributed by atoms with E-state index >= 15 is 0 Å². The Morgan fingerprint density at radius 1 is 1.36 bits per heavy atom. The number of nitrogens with one attached hydrogen (secondary N) is 1. The maximum atomic E-state index is 12.1. The van der Waals surface area contributed by atoms with Crippen molar-refractivity contribution < 1.29 is 14.3 Å². The number of nitrogens with zero attached hydrogens (tertiary/aromatic N) is 1. The van der Waals surface area contributed by atoms with E-state index in [1.807, 2.05) is 18.2 Å². The van der Waals surface area contributed by atoms with Crippen LogP contribution in [0.3, 0.4) is 0 Å². The minimum absolute atomic E-state index is 0. The van der Waals surface area contributed by atoms with Crippen LogP contribution in [0.15, 0.2) is 23.6 Å². The van der Waals surface area contributed by atoms with Crippen LogP contribution in [0, 0.1) is 0 Å². The summed E-state index contributed by atoms with van der Waals surface area (Å²) in [6, 6.07) is 5.65. The fourth-order valence-corrected chi connectivity index (χ4v) is 2.70. The van der Waals surface area contributed by atoms with Gasteiger partial charge in [0.25, 0.3) is 5.91 Å². The molecule has 0 aliphatic rings. The molecule has 25 heavy (non-hydrogen) atoms. The summed E-state index contributed by atoms with van der Waals surface area (Å²) < 4.78 is 11.1. The largest absolute Gasteiger partial charge is 0.493 e. The molecule has 1 aromatic carbocycles. The van der Waals surface area contributed by atoms with Gasteiger partial charge in [0, 0.05) is 18.5 Å². The molecule has 8 heteroatoms. The fraction of sp³-hybridized carbons (Fsp3) is 0.412. The number of thiazole rings is 1. The second-order valence-corrected chi connectivity index (χ2v) is 6.14. The third kappa shape index (κ3) is 6.19. The highest BCUT2D eigenvalue weighted by molar-refractivity contribution is 7.09. The maximum absolute atomic E-state index is 12.1. The monoisotopic (exact) mass is 385 g/mol. The van der Waals surface area contributed by atoms with Gasteiger partial charge in [-0.25, -0.2) is 4.98 Å². The molecule has 0 aliphatic carbocycles. The van der Waals surface area contributed by atoms with E-state index in [-0.39, 0.29) is 18.3 Å².